The zero-order valence-corrected chi connectivity index (χ0v) is 13.8. The average Bonchev–Trinajstić information content (AvgIpc) is 2.99. The average molecular weight is 327 g/mol. The molecule has 0 spiro atoms. The van der Waals surface area contributed by atoms with E-state index in [0.29, 0.717) is 24.4 Å². The summed E-state index contributed by atoms with van der Waals surface area (Å²) < 4.78 is 10.2. The van der Waals surface area contributed by atoms with Crippen molar-refractivity contribution in [1.29, 1.82) is 0 Å². The number of thioether (sulfide) groups is 1. The minimum atomic E-state index is -0.408. The fourth-order valence-corrected chi connectivity index (χ4v) is 3.75. The zero-order chi connectivity index (χ0) is 16.3. The van der Waals surface area contributed by atoms with Gasteiger partial charge in [0.15, 0.2) is 0 Å². The molecule has 7 heteroatoms. The van der Waals surface area contributed by atoms with E-state index in [2.05, 4.69) is 0 Å². The Morgan fingerprint density at radius 3 is 2.82 bits per heavy atom. The van der Waals surface area contributed by atoms with Gasteiger partial charge in [0.2, 0.25) is 0 Å². The third-order valence-electron chi connectivity index (χ3n) is 3.32. The molecule has 0 aromatic carbocycles. The molecule has 22 heavy (non-hydrogen) atoms. The number of carbonyl (C=O) groups excluding carboxylic acids is 2. The third kappa shape index (κ3) is 3.47. The smallest absolute Gasteiger partial charge is 0.337 e. The lowest BCUT2D eigenvalue weighted by molar-refractivity contribution is -0.142. The minimum absolute atomic E-state index is 0.0946. The largest absolute Gasteiger partial charge is 0.463 e. The molecule has 6 nitrogen and oxygen atoms in total. The van der Waals surface area contributed by atoms with Crippen molar-refractivity contribution >= 4 is 23.7 Å². The lowest BCUT2D eigenvalue weighted by Crippen LogP contribution is -2.29. The van der Waals surface area contributed by atoms with E-state index in [9.17, 15) is 14.7 Å². The van der Waals surface area contributed by atoms with Gasteiger partial charge in [0.1, 0.15) is 0 Å². The van der Waals surface area contributed by atoms with Crippen LogP contribution in [0.1, 0.15) is 27.2 Å². The summed E-state index contributed by atoms with van der Waals surface area (Å²) in [6, 6.07) is -0.236. The molecule has 2 aliphatic heterocycles. The molecule has 0 aromatic rings. The molecule has 2 aliphatic rings. The fourth-order valence-electron chi connectivity index (χ4n) is 2.49. The van der Waals surface area contributed by atoms with Crippen molar-refractivity contribution in [2.45, 2.75) is 39.3 Å². The standard InChI is InChI=1S/C15H21NO5S/c1-4-20-13(18)6-11-8-22-14-12(15(19)21-9(2)3)5-10(7-17)16(11)14/h6,9-10,17H,4-5,7-8H2,1-3H3. The van der Waals surface area contributed by atoms with Crippen LogP contribution in [0, 0.1) is 0 Å². The van der Waals surface area contributed by atoms with E-state index in [1.807, 2.05) is 4.90 Å². The maximum absolute atomic E-state index is 12.2. The van der Waals surface area contributed by atoms with E-state index in [1.54, 1.807) is 20.8 Å². The van der Waals surface area contributed by atoms with Crippen LogP contribution >= 0.6 is 11.8 Å². The van der Waals surface area contributed by atoms with Gasteiger partial charge in [0.05, 0.1) is 36.0 Å². The van der Waals surface area contributed by atoms with E-state index >= 15 is 0 Å². The first-order chi connectivity index (χ1) is 10.5. The Morgan fingerprint density at radius 2 is 2.23 bits per heavy atom. The molecule has 1 saturated heterocycles. The van der Waals surface area contributed by atoms with Gasteiger partial charge >= 0.3 is 11.9 Å². The Hall–Kier alpha value is -1.47. The summed E-state index contributed by atoms with van der Waals surface area (Å²) in [5, 5.41) is 10.4. The van der Waals surface area contributed by atoms with E-state index < -0.39 is 5.97 Å². The summed E-state index contributed by atoms with van der Waals surface area (Å²) in [7, 11) is 0. The van der Waals surface area contributed by atoms with Gasteiger partial charge in [0.25, 0.3) is 0 Å². The number of ether oxygens (including phenoxy) is 2. The van der Waals surface area contributed by atoms with Crippen molar-refractivity contribution in [3.63, 3.8) is 0 Å². The van der Waals surface area contributed by atoms with Crippen molar-refractivity contribution in [3.8, 4) is 0 Å². The predicted octanol–water partition coefficient (Wildman–Crippen LogP) is 1.41. The SMILES string of the molecule is CCOC(=O)C=C1CSC2=C(C(=O)OC(C)C)CC(CO)N12. The summed E-state index contributed by atoms with van der Waals surface area (Å²) in [6.45, 7) is 5.56. The molecule has 1 unspecified atom stereocenters. The highest BCUT2D eigenvalue weighted by Crippen LogP contribution is 2.45. The maximum atomic E-state index is 12.2. The van der Waals surface area contributed by atoms with Crippen LogP contribution in [0.2, 0.25) is 0 Å². The van der Waals surface area contributed by atoms with E-state index in [0.717, 1.165) is 10.7 Å². The van der Waals surface area contributed by atoms with Crippen LogP contribution in [-0.2, 0) is 19.1 Å². The van der Waals surface area contributed by atoms with E-state index in [-0.39, 0.29) is 24.7 Å². The predicted molar refractivity (Wildman–Crippen MR) is 82.8 cm³/mol. The lowest BCUT2D eigenvalue weighted by Gasteiger charge is -2.23. The number of esters is 2. The Kier molecular flexibility index (Phi) is 5.52. The molecule has 0 aliphatic carbocycles. The summed E-state index contributed by atoms with van der Waals surface area (Å²) in [5.74, 6) is -0.187. The van der Waals surface area contributed by atoms with Gasteiger partial charge in [-0.25, -0.2) is 9.59 Å². The first-order valence-corrected chi connectivity index (χ1v) is 8.30. The monoisotopic (exact) mass is 327 g/mol. The minimum Gasteiger partial charge on any atom is -0.463 e. The van der Waals surface area contributed by atoms with Gasteiger partial charge in [-0.05, 0) is 20.8 Å². The maximum Gasteiger partial charge on any atom is 0.337 e. The molecular weight excluding hydrogens is 306 g/mol. The van der Waals surface area contributed by atoms with Gasteiger partial charge in [0, 0.05) is 23.9 Å². The zero-order valence-electron chi connectivity index (χ0n) is 13.0. The first kappa shape index (κ1) is 16.9. The lowest BCUT2D eigenvalue weighted by atomic mass is 10.1. The molecule has 122 valence electrons. The summed E-state index contributed by atoms with van der Waals surface area (Å²) in [4.78, 5) is 25.7. The van der Waals surface area contributed by atoms with E-state index in [1.165, 1.54) is 17.8 Å². The van der Waals surface area contributed by atoms with Crippen LogP contribution in [0.25, 0.3) is 0 Å². The van der Waals surface area contributed by atoms with Crippen LogP contribution in [0.4, 0.5) is 0 Å². The topological polar surface area (TPSA) is 76.1 Å². The summed E-state index contributed by atoms with van der Waals surface area (Å²) in [5.41, 5.74) is 1.33. The Bertz CT molecular complexity index is 526. The second-order valence-electron chi connectivity index (χ2n) is 5.32. The molecule has 0 saturated carbocycles. The van der Waals surface area contributed by atoms with Crippen molar-refractivity contribution in [2.24, 2.45) is 0 Å². The molecule has 0 radical (unpaired) electrons. The number of hydrogen-bond acceptors (Lipinski definition) is 7. The van der Waals surface area contributed by atoms with Crippen molar-refractivity contribution in [1.82, 2.24) is 4.90 Å². The van der Waals surface area contributed by atoms with Gasteiger partial charge < -0.3 is 19.5 Å². The fraction of sp³-hybridized carbons (Fsp3) is 0.600. The summed E-state index contributed by atoms with van der Waals surface area (Å²) >= 11 is 1.48. The number of fused-ring (bicyclic) bond motifs is 1. The molecule has 0 amide bonds. The number of aliphatic hydroxyl groups is 1. The number of nitrogens with zero attached hydrogens (tertiary/aromatic N) is 1. The van der Waals surface area contributed by atoms with Crippen LogP contribution in [0.3, 0.4) is 0 Å². The molecule has 2 rings (SSSR count). The molecule has 0 aromatic heterocycles. The third-order valence-corrected chi connectivity index (χ3v) is 4.48. The molecular formula is C15H21NO5S. The molecule has 1 fully saturated rings. The highest BCUT2D eigenvalue weighted by atomic mass is 32.2. The van der Waals surface area contributed by atoms with Crippen molar-refractivity contribution in [3.05, 3.63) is 22.4 Å². The normalized spacial score (nSPS) is 22.5. The van der Waals surface area contributed by atoms with Crippen LogP contribution in [0.5, 0.6) is 0 Å². The second-order valence-corrected chi connectivity index (χ2v) is 6.29. The summed E-state index contributed by atoms with van der Waals surface area (Å²) in [6.07, 6.45) is 1.66. The van der Waals surface area contributed by atoms with Crippen molar-refractivity contribution in [2.75, 3.05) is 19.0 Å². The Balaban J connectivity index is 2.25. The van der Waals surface area contributed by atoms with Crippen LogP contribution in [-0.4, -0.2) is 53.1 Å². The number of aliphatic hydroxyl groups excluding tert-OH is 1. The Labute approximate surface area is 134 Å². The van der Waals surface area contributed by atoms with Crippen LogP contribution in [0.15, 0.2) is 22.4 Å². The van der Waals surface area contributed by atoms with Crippen LogP contribution < -0.4 is 0 Å². The number of rotatable bonds is 5. The van der Waals surface area contributed by atoms with Gasteiger partial charge in [-0.3, -0.25) is 0 Å². The van der Waals surface area contributed by atoms with E-state index in [4.69, 9.17) is 9.47 Å². The number of hydrogen-bond donors (Lipinski definition) is 1. The van der Waals surface area contributed by atoms with Gasteiger partial charge in [-0.15, -0.1) is 11.8 Å². The molecule has 2 heterocycles. The van der Waals surface area contributed by atoms with Crippen molar-refractivity contribution < 1.29 is 24.2 Å². The van der Waals surface area contributed by atoms with Gasteiger partial charge in [-0.1, -0.05) is 0 Å². The highest BCUT2D eigenvalue weighted by molar-refractivity contribution is 8.03. The quantitative estimate of drug-likeness (QED) is 0.604. The molecule has 0 bridgehead atoms. The van der Waals surface area contributed by atoms with Gasteiger partial charge in [-0.2, -0.15) is 0 Å². The highest BCUT2D eigenvalue weighted by Gasteiger charge is 2.41. The first-order valence-electron chi connectivity index (χ1n) is 7.32. The molecule has 1 atom stereocenters. The second kappa shape index (κ2) is 7.19. The molecule has 1 N–H and O–H groups in total. The Morgan fingerprint density at radius 1 is 1.50 bits per heavy atom. The number of carbonyl (C=O) groups is 2.